The van der Waals surface area contributed by atoms with Crippen LogP contribution in [0.2, 0.25) is 0 Å². The Balaban J connectivity index is 1.71. The van der Waals surface area contributed by atoms with Crippen LogP contribution in [0.15, 0.2) is 47.1 Å². The molecule has 0 fully saturated rings. The van der Waals surface area contributed by atoms with Crippen LogP contribution in [-0.2, 0) is 17.9 Å². The summed E-state index contributed by atoms with van der Waals surface area (Å²) in [6, 6.07) is 8.09. The zero-order valence-corrected chi connectivity index (χ0v) is 12.6. The molecule has 2 aromatic rings. The monoisotopic (exact) mass is 319 g/mol. The fourth-order valence-corrected chi connectivity index (χ4v) is 1.84. The summed E-state index contributed by atoms with van der Waals surface area (Å²) in [6.45, 7) is 2.08. The minimum Gasteiger partial charge on any atom is -0.467 e. The van der Waals surface area contributed by atoms with Gasteiger partial charge < -0.3 is 20.4 Å². The smallest absolute Gasteiger partial charge is 0.315 e. The van der Waals surface area contributed by atoms with E-state index < -0.39 is 12.1 Å². The van der Waals surface area contributed by atoms with Gasteiger partial charge in [-0.25, -0.2) is 9.18 Å². The van der Waals surface area contributed by atoms with E-state index in [1.165, 1.54) is 18.4 Å². The molecule has 122 valence electrons. The molecule has 7 heteroatoms. The van der Waals surface area contributed by atoms with Gasteiger partial charge in [0.2, 0.25) is 5.91 Å². The molecule has 1 heterocycles. The standard InChI is InChI=1S/C16H18FN3O3/c1-11(15(21)18-10-14-3-2-8-23-14)20-16(22)19-9-12-4-6-13(17)7-5-12/h2-8,11H,9-10H2,1H3,(H,18,21)(H2,19,20,22)/t11-/m0/s1. The van der Waals surface area contributed by atoms with Crippen molar-refractivity contribution in [2.45, 2.75) is 26.1 Å². The Labute approximate surface area is 133 Å². The van der Waals surface area contributed by atoms with Crippen LogP contribution in [0, 0.1) is 5.82 Å². The highest BCUT2D eigenvalue weighted by Gasteiger charge is 2.15. The summed E-state index contributed by atoms with van der Waals surface area (Å²) < 4.78 is 17.9. The van der Waals surface area contributed by atoms with Gasteiger partial charge in [-0.3, -0.25) is 4.79 Å². The second kappa shape index (κ2) is 7.98. The molecule has 0 spiro atoms. The predicted octanol–water partition coefficient (Wildman–Crippen LogP) is 1.92. The number of halogens is 1. The number of nitrogens with one attached hydrogen (secondary N) is 3. The minimum absolute atomic E-state index is 0.243. The van der Waals surface area contributed by atoms with Crippen LogP contribution in [0.1, 0.15) is 18.2 Å². The number of carbonyl (C=O) groups excluding carboxylic acids is 2. The Morgan fingerprint density at radius 3 is 2.52 bits per heavy atom. The van der Waals surface area contributed by atoms with Gasteiger partial charge in [-0.05, 0) is 36.8 Å². The molecule has 0 radical (unpaired) electrons. The normalized spacial score (nSPS) is 11.6. The van der Waals surface area contributed by atoms with E-state index in [-0.39, 0.29) is 24.8 Å². The summed E-state index contributed by atoms with van der Waals surface area (Å²) in [4.78, 5) is 23.6. The van der Waals surface area contributed by atoms with Gasteiger partial charge in [-0.15, -0.1) is 0 Å². The lowest BCUT2D eigenvalue weighted by Gasteiger charge is -2.14. The van der Waals surface area contributed by atoms with E-state index in [1.54, 1.807) is 31.2 Å². The highest BCUT2D eigenvalue weighted by Crippen LogP contribution is 2.02. The van der Waals surface area contributed by atoms with Crippen LogP contribution in [0.5, 0.6) is 0 Å². The van der Waals surface area contributed by atoms with Gasteiger partial charge in [-0.1, -0.05) is 12.1 Å². The zero-order valence-electron chi connectivity index (χ0n) is 12.6. The number of benzene rings is 1. The molecule has 0 aliphatic rings. The number of carbonyl (C=O) groups is 2. The number of furan rings is 1. The molecule has 3 amide bonds. The maximum Gasteiger partial charge on any atom is 0.315 e. The van der Waals surface area contributed by atoms with Gasteiger partial charge >= 0.3 is 6.03 Å². The van der Waals surface area contributed by atoms with E-state index in [2.05, 4.69) is 16.0 Å². The van der Waals surface area contributed by atoms with Gasteiger partial charge in [-0.2, -0.15) is 0 Å². The van der Waals surface area contributed by atoms with Crippen molar-refractivity contribution in [3.63, 3.8) is 0 Å². The molecule has 0 bridgehead atoms. The molecule has 1 aromatic carbocycles. The Bertz CT molecular complexity index is 641. The highest BCUT2D eigenvalue weighted by molar-refractivity contribution is 5.86. The van der Waals surface area contributed by atoms with Gasteiger partial charge in [0.05, 0.1) is 12.8 Å². The van der Waals surface area contributed by atoms with Crippen molar-refractivity contribution in [1.29, 1.82) is 0 Å². The maximum atomic E-state index is 12.8. The SMILES string of the molecule is C[C@H](NC(=O)NCc1ccc(F)cc1)C(=O)NCc1ccco1. The summed E-state index contributed by atoms with van der Waals surface area (Å²) in [5.41, 5.74) is 0.761. The number of hydrogen-bond donors (Lipinski definition) is 3. The van der Waals surface area contributed by atoms with Crippen molar-refractivity contribution in [2.75, 3.05) is 0 Å². The Morgan fingerprint density at radius 2 is 1.87 bits per heavy atom. The molecule has 0 saturated carbocycles. The second-order valence-corrected chi connectivity index (χ2v) is 4.97. The van der Waals surface area contributed by atoms with E-state index in [0.29, 0.717) is 5.76 Å². The summed E-state index contributed by atoms with van der Waals surface area (Å²) in [5.74, 6) is -0.0234. The van der Waals surface area contributed by atoms with Crippen LogP contribution < -0.4 is 16.0 Å². The first-order chi connectivity index (χ1) is 11.0. The minimum atomic E-state index is -0.696. The Kier molecular flexibility index (Phi) is 5.74. The first-order valence-corrected chi connectivity index (χ1v) is 7.13. The summed E-state index contributed by atoms with van der Waals surface area (Å²) in [7, 11) is 0. The highest BCUT2D eigenvalue weighted by atomic mass is 19.1. The number of rotatable bonds is 6. The Morgan fingerprint density at radius 1 is 1.13 bits per heavy atom. The average Bonchev–Trinajstić information content (AvgIpc) is 3.05. The quantitative estimate of drug-likeness (QED) is 0.760. The molecular weight excluding hydrogens is 301 g/mol. The van der Waals surface area contributed by atoms with Crippen LogP contribution in [0.25, 0.3) is 0 Å². The zero-order chi connectivity index (χ0) is 16.7. The third-order valence-electron chi connectivity index (χ3n) is 3.12. The summed E-state index contributed by atoms with van der Waals surface area (Å²) >= 11 is 0. The molecule has 0 aliphatic heterocycles. The van der Waals surface area contributed by atoms with Gasteiger partial charge in [0.25, 0.3) is 0 Å². The molecule has 0 saturated heterocycles. The van der Waals surface area contributed by atoms with E-state index in [9.17, 15) is 14.0 Å². The van der Waals surface area contributed by atoms with Crippen LogP contribution in [0.4, 0.5) is 9.18 Å². The van der Waals surface area contributed by atoms with E-state index in [1.807, 2.05) is 0 Å². The van der Waals surface area contributed by atoms with Crippen molar-refractivity contribution < 1.29 is 18.4 Å². The van der Waals surface area contributed by atoms with Crippen molar-refractivity contribution in [2.24, 2.45) is 0 Å². The van der Waals surface area contributed by atoms with Crippen molar-refractivity contribution in [1.82, 2.24) is 16.0 Å². The van der Waals surface area contributed by atoms with Crippen molar-refractivity contribution >= 4 is 11.9 Å². The molecule has 6 nitrogen and oxygen atoms in total. The van der Waals surface area contributed by atoms with Crippen LogP contribution >= 0.6 is 0 Å². The third kappa shape index (κ3) is 5.46. The fourth-order valence-electron chi connectivity index (χ4n) is 1.84. The maximum absolute atomic E-state index is 12.8. The number of urea groups is 1. The first kappa shape index (κ1) is 16.5. The number of hydrogen-bond acceptors (Lipinski definition) is 3. The molecular formula is C16H18FN3O3. The van der Waals surface area contributed by atoms with Crippen LogP contribution in [-0.4, -0.2) is 18.0 Å². The average molecular weight is 319 g/mol. The lowest BCUT2D eigenvalue weighted by molar-refractivity contribution is -0.122. The molecule has 3 N–H and O–H groups in total. The summed E-state index contributed by atoms with van der Waals surface area (Å²) in [5, 5.41) is 7.78. The number of amides is 3. The predicted molar refractivity (Wildman–Crippen MR) is 81.8 cm³/mol. The van der Waals surface area contributed by atoms with Crippen molar-refractivity contribution in [3.8, 4) is 0 Å². The second-order valence-electron chi connectivity index (χ2n) is 4.97. The van der Waals surface area contributed by atoms with E-state index >= 15 is 0 Å². The topological polar surface area (TPSA) is 83.4 Å². The van der Waals surface area contributed by atoms with Gasteiger partial charge in [0.15, 0.2) is 0 Å². The molecule has 0 unspecified atom stereocenters. The Hall–Kier alpha value is -2.83. The summed E-state index contributed by atoms with van der Waals surface area (Å²) in [6.07, 6.45) is 1.52. The molecule has 2 rings (SSSR count). The first-order valence-electron chi connectivity index (χ1n) is 7.13. The largest absolute Gasteiger partial charge is 0.467 e. The lowest BCUT2D eigenvalue weighted by Crippen LogP contribution is -2.48. The van der Waals surface area contributed by atoms with E-state index in [4.69, 9.17) is 4.42 Å². The lowest BCUT2D eigenvalue weighted by atomic mass is 10.2. The van der Waals surface area contributed by atoms with Gasteiger partial charge in [0, 0.05) is 6.54 Å². The van der Waals surface area contributed by atoms with Crippen LogP contribution in [0.3, 0.4) is 0 Å². The van der Waals surface area contributed by atoms with Gasteiger partial charge in [0.1, 0.15) is 17.6 Å². The molecule has 0 aliphatic carbocycles. The fraction of sp³-hybridized carbons (Fsp3) is 0.250. The van der Waals surface area contributed by atoms with Crippen molar-refractivity contribution in [3.05, 3.63) is 59.8 Å². The molecule has 23 heavy (non-hydrogen) atoms. The van der Waals surface area contributed by atoms with E-state index in [0.717, 1.165) is 5.56 Å². The third-order valence-corrected chi connectivity index (χ3v) is 3.12. The molecule has 1 aromatic heterocycles. The molecule has 1 atom stereocenters.